The maximum atomic E-state index is 14.1. The summed E-state index contributed by atoms with van der Waals surface area (Å²) in [7, 11) is 0. The number of hydrogen-bond donors (Lipinski definition) is 2. The number of aryl methyl sites for hydroxylation is 1. The molecule has 1 fully saturated rings. The summed E-state index contributed by atoms with van der Waals surface area (Å²) in [5.41, 5.74) is 0.0580. The maximum Gasteiger partial charge on any atom is 0.418 e. The molecule has 2 aliphatic heterocycles. The summed E-state index contributed by atoms with van der Waals surface area (Å²) < 4.78 is 57.2. The first-order valence-corrected chi connectivity index (χ1v) is 12.0. The summed E-state index contributed by atoms with van der Waals surface area (Å²) in [5, 5.41) is 23.9. The molecule has 0 amide bonds. The Kier molecular flexibility index (Phi) is 6.45. The fraction of sp³-hybridized carbons (Fsp3) is 0.385. The van der Waals surface area contributed by atoms with Gasteiger partial charge in [0.1, 0.15) is 11.5 Å². The zero-order valence-corrected chi connectivity index (χ0v) is 20.1. The van der Waals surface area contributed by atoms with Gasteiger partial charge in [0, 0.05) is 43.0 Å². The Morgan fingerprint density at radius 3 is 2.57 bits per heavy atom. The average Bonchev–Trinajstić information content (AvgIpc) is 3.47. The molecule has 1 aromatic heterocycles. The molecular formula is C26H26F4N4O3. The van der Waals surface area contributed by atoms with Crippen LogP contribution in [0.4, 0.5) is 28.9 Å². The SMILES string of the molecule is Cc1cc(-c2nn(-c3cc(N4CCC(O)C4)ccc3C(F)(F)F)c(=O)c3c2CCN3CCO)ccc1F. The number of nitrogens with zero attached hydrogens (tertiary/aromatic N) is 4. The maximum absolute atomic E-state index is 14.1. The molecule has 1 unspecified atom stereocenters. The lowest BCUT2D eigenvalue weighted by atomic mass is 10.0. The zero-order valence-electron chi connectivity index (χ0n) is 20.1. The first-order valence-electron chi connectivity index (χ1n) is 12.0. The molecule has 0 radical (unpaired) electrons. The standard InChI is InChI=1S/C26H26F4N4O3/c1-15-12-16(2-5-21(15)27)23-19-7-9-32(10-11-35)24(19)25(37)34(31-23)22-13-17(33-8-6-18(36)14-33)3-4-20(22)26(28,29)30/h2-5,12-13,18,35-36H,6-11,14H2,1H3. The van der Waals surface area contributed by atoms with Crippen molar-refractivity contribution in [3.8, 4) is 16.9 Å². The van der Waals surface area contributed by atoms with Crippen LogP contribution >= 0.6 is 0 Å². The highest BCUT2D eigenvalue weighted by Gasteiger charge is 2.37. The number of alkyl halides is 3. The highest BCUT2D eigenvalue weighted by molar-refractivity contribution is 5.73. The normalized spacial score (nSPS) is 17.5. The van der Waals surface area contributed by atoms with Crippen LogP contribution in [0.5, 0.6) is 0 Å². The van der Waals surface area contributed by atoms with E-state index >= 15 is 0 Å². The van der Waals surface area contributed by atoms with E-state index in [1.54, 1.807) is 22.8 Å². The highest BCUT2D eigenvalue weighted by atomic mass is 19.4. The first kappa shape index (κ1) is 25.2. The van der Waals surface area contributed by atoms with E-state index in [1.807, 2.05) is 0 Å². The van der Waals surface area contributed by atoms with Gasteiger partial charge in [-0.05, 0) is 61.7 Å². The van der Waals surface area contributed by atoms with Crippen molar-refractivity contribution in [3.63, 3.8) is 0 Å². The van der Waals surface area contributed by atoms with Crippen LogP contribution in [0.1, 0.15) is 23.1 Å². The van der Waals surface area contributed by atoms with Gasteiger partial charge in [-0.1, -0.05) is 0 Å². The van der Waals surface area contributed by atoms with Gasteiger partial charge in [-0.25, -0.2) is 4.39 Å². The summed E-state index contributed by atoms with van der Waals surface area (Å²) >= 11 is 0. The molecule has 2 aliphatic rings. The fourth-order valence-electron chi connectivity index (χ4n) is 5.11. The number of benzene rings is 2. The van der Waals surface area contributed by atoms with Crippen molar-refractivity contribution < 1.29 is 27.8 Å². The Morgan fingerprint density at radius 1 is 1.14 bits per heavy atom. The number of β-amino-alcohol motifs (C(OH)–C–C–N with tert-alkyl or cyclic N) is 2. The Morgan fingerprint density at radius 2 is 1.92 bits per heavy atom. The van der Waals surface area contributed by atoms with Crippen LogP contribution in [-0.2, 0) is 12.6 Å². The number of anilines is 2. The van der Waals surface area contributed by atoms with Gasteiger partial charge >= 0.3 is 6.18 Å². The van der Waals surface area contributed by atoms with Crippen LogP contribution in [-0.4, -0.2) is 58.9 Å². The van der Waals surface area contributed by atoms with E-state index in [-0.39, 0.29) is 31.1 Å². The largest absolute Gasteiger partial charge is 0.418 e. The summed E-state index contributed by atoms with van der Waals surface area (Å²) in [6.07, 6.45) is -4.47. The van der Waals surface area contributed by atoms with Crippen molar-refractivity contribution in [1.29, 1.82) is 0 Å². The molecule has 0 saturated carbocycles. The topological polar surface area (TPSA) is 81.8 Å². The van der Waals surface area contributed by atoms with Crippen molar-refractivity contribution in [1.82, 2.24) is 9.78 Å². The lowest BCUT2D eigenvalue weighted by molar-refractivity contribution is -0.137. The minimum absolute atomic E-state index is 0.131. The number of halogens is 4. The number of aliphatic hydroxyl groups is 2. The van der Waals surface area contributed by atoms with E-state index in [0.29, 0.717) is 48.3 Å². The van der Waals surface area contributed by atoms with Crippen LogP contribution in [0.2, 0.25) is 0 Å². The average molecular weight is 519 g/mol. The van der Waals surface area contributed by atoms with E-state index in [0.717, 1.165) is 10.7 Å². The molecule has 2 N–H and O–H groups in total. The number of rotatable bonds is 5. The van der Waals surface area contributed by atoms with Crippen LogP contribution in [0, 0.1) is 12.7 Å². The van der Waals surface area contributed by atoms with Crippen LogP contribution in [0.25, 0.3) is 16.9 Å². The minimum Gasteiger partial charge on any atom is -0.395 e. The Bertz CT molecular complexity index is 1410. The molecule has 0 spiro atoms. The van der Waals surface area contributed by atoms with Crippen molar-refractivity contribution in [3.05, 3.63) is 69.3 Å². The van der Waals surface area contributed by atoms with Crippen molar-refractivity contribution in [2.45, 2.75) is 32.0 Å². The van der Waals surface area contributed by atoms with Gasteiger partial charge in [0.15, 0.2) is 0 Å². The van der Waals surface area contributed by atoms with E-state index in [4.69, 9.17) is 0 Å². The summed E-state index contributed by atoms with van der Waals surface area (Å²) in [6, 6.07) is 7.81. The fourth-order valence-corrected chi connectivity index (χ4v) is 5.11. The van der Waals surface area contributed by atoms with Gasteiger partial charge in [-0.3, -0.25) is 4.79 Å². The van der Waals surface area contributed by atoms with E-state index in [9.17, 15) is 32.6 Å². The van der Waals surface area contributed by atoms with Gasteiger partial charge < -0.3 is 20.0 Å². The molecule has 11 heteroatoms. The summed E-state index contributed by atoms with van der Waals surface area (Å²) in [4.78, 5) is 17.1. The molecule has 7 nitrogen and oxygen atoms in total. The van der Waals surface area contributed by atoms with Gasteiger partial charge in [0.2, 0.25) is 0 Å². The highest BCUT2D eigenvalue weighted by Crippen LogP contribution is 2.38. The molecule has 5 rings (SSSR count). The minimum atomic E-state index is -4.77. The van der Waals surface area contributed by atoms with Gasteiger partial charge in [0.25, 0.3) is 5.56 Å². The van der Waals surface area contributed by atoms with E-state index < -0.39 is 34.9 Å². The second-order valence-electron chi connectivity index (χ2n) is 9.41. The van der Waals surface area contributed by atoms with Crippen LogP contribution < -0.4 is 15.4 Å². The number of aliphatic hydroxyl groups excluding tert-OH is 2. The molecule has 1 saturated heterocycles. The van der Waals surface area contributed by atoms with Gasteiger partial charge in [0.05, 0.1) is 29.7 Å². The third kappa shape index (κ3) is 4.57. The lowest BCUT2D eigenvalue weighted by Gasteiger charge is -2.23. The molecule has 196 valence electrons. The molecule has 3 aromatic rings. The smallest absolute Gasteiger partial charge is 0.395 e. The van der Waals surface area contributed by atoms with Crippen molar-refractivity contribution >= 4 is 11.4 Å². The van der Waals surface area contributed by atoms with Crippen molar-refractivity contribution in [2.75, 3.05) is 42.6 Å². The van der Waals surface area contributed by atoms with Gasteiger partial charge in [-0.2, -0.15) is 23.0 Å². The van der Waals surface area contributed by atoms with Gasteiger partial charge in [-0.15, -0.1) is 0 Å². The molecule has 2 aromatic carbocycles. The number of fused-ring (bicyclic) bond motifs is 1. The van der Waals surface area contributed by atoms with Crippen LogP contribution in [0.15, 0.2) is 41.2 Å². The number of aromatic nitrogens is 2. The van der Waals surface area contributed by atoms with E-state index in [1.165, 1.54) is 24.3 Å². The first-order chi connectivity index (χ1) is 17.6. The predicted molar refractivity (Wildman–Crippen MR) is 131 cm³/mol. The Hall–Kier alpha value is -3.44. The Balaban J connectivity index is 1.78. The monoisotopic (exact) mass is 518 g/mol. The molecule has 0 bridgehead atoms. The second kappa shape index (κ2) is 9.46. The Labute approximate surface area is 210 Å². The molecule has 1 atom stereocenters. The molecular weight excluding hydrogens is 492 g/mol. The van der Waals surface area contributed by atoms with Crippen molar-refractivity contribution in [2.24, 2.45) is 0 Å². The lowest BCUT2D eigenvalue weighted by Crippen LogP contribution is -2.33. The van der Waals surface area contributed by atoms with E-state index in [2.05, 4.69) is 5.10 Å². The quantitative estimate of drug-likeness (QED) is 0.505. The summed E-state index contributed by atoms with van der Waals surface area (Å²) in [6.45, 7) is 2.58. The molecule has 0 aliphatic carbocycles. The molecule has 3 heterocycles. The zero-order chi connectivity index (χ0) is 26.5. The predicted octanol–water partition coefficient (Wildman–Crippen LogP) is 3.29. The second-order valence-corrected chi connectivity index (χ2v) is 9.41. The third-order valence-electron chi connectivity index (χ3n) is 6.96. The molecule has 37 heavy (non-hydrogen) atoms. The summed E-state index contributed by atoms with van der Waals surface area (Å²) in [5.74, 6) is -0.435. The van der Waals surface area contributed by atoms with Crippen LogP contribution in [0.3, 0.4) is 0 Å². The third-order valence-corrected chi connectivity index (χ3v) is 6.96. The number of hydrogen-bond acceptors (Lipinski definition) is 6.